The van der Waals surface area contributed by atoms with E-state index in [2.05, 4.69) is 26.9 Å². The van der Waals surface area contributed by atoms with E-state index in [-0.39, 0.29) is 0 Å². The number of halogens is 1. The standard InChI is InChI=1S/C8H19ClSi/c1-8(2)6-5-7-10(3,4)9/h8H,5-7H2,1-4H3. The normalized spacial score (nSPS) is 12.6. The van der Waals surface area contributed by atoms with Gasteiger partial charge >= 0.3 is 0 Å². The van der Waals surface area contributed by atoms with Crippen LogP contribution in [0.15, 0.2) is 0 Å². The molecule has 0 N–H and O–H groups in total. The zero-order valence-electron chi connectivity index (χ0n) is 7.58. The van der Waals surface area contributed by atoms with Crippen molar-refractivity contribution in [3.63, 3.8) is 0 Å². The Morgan fingerprint density at radius 3 is 2.10 bits per heavy atom. The van der Waals surface area contributed by atoms with Gasteiger partial charge in [0, 0.05) is 0 Å². The van der Waals surface area contributed by atoms with Crippen LogP contribution in [0.25, 0.3) is 0 Å². The lowest BCUT2D eigenvalue weighted by Gasteiger charge is -2.12. The molecule has 0 aliphatic rings. The molecule has 0 saturated heterocycles. The highest BCUT2D eigenvalue weighted by Crippen LogP contribution is 2.19. The molecule has 0 aromatic heterocycles. The number of hydrogen-bond acceptors (Lipinski definition) is 0. The van der Waals surface area contributed by atoms with E-state index in [1.165, 1.54) is 18.9 Å². The Kier molecular flexibility index (Phi) is 4.62. The minimum absolute atomic E-state index is 0.841. The molecule has 0 aromatic carbocycles. The molecule has 0 heterocycles. The van der Waals surface area contributed by atoms with Crippen molar-refractivity contribution in [3.05, 3.63) is 0 Å². The molecule has 2 heteroatoms. The van der Waals surface area contributed by atoms with Crippen LogP contribution in [0.4, 0.5) is 0 Å². The van der Waals surface area contributed by atoms with Crippen LogP contribution in [0.2, 0.25) is 19.1 Å². The smallest absolute Gasteiger partial charge is 0.150 e. The molecular weight excluding hydrogens is 160 g/mol. The van der Waals surface area contributed by atoms with Gasteiger partial charge in [0.15, 0.2) is 0 Å². The summed E-state index contributed by atoms with van der Waals surface area (Å²) in [6, 6.07) is 1.27. The van der Waals surface area contributed by atoms with Crippen molar-refractivity contribution in [2.45, 2.75) is 45.8 Å². The van der Waals surface area contributed by atoms with Crippen molar-refractivity contribution in [1.29, 1.82) is 0 Å². The first-order valence-electron chi connectivity index (χ1n) is 4.11. The second-order valence-electron chi connectivity index (χ2n) is 4.00. The third-order valence-corrected chi connectivity index (χ3v) is 3.66. The van der Waals surface area contributed by atoms with Crippen LogP contribution >= 0.6 is 11.1 Å². The zero-order chi connectivity index (χ0) is 8.20. The van der Waals surface area contributed by atoms with Crippen LogP contribution in [-0.4, -0.2) is 7.38 Å². The molecule has 0 aliphatic carbocycles. The van der Waals surface area contributed by atoms with Gasteiger partial charge < -0.3 is 0 Å². The topological polar surface area (TPSA) is 0 Å². The molecule has 0 radical (unpaired) electrons. The van der Waals surface area contributed by atoms with E-state index < -0.39 is 7.38 Å². The second kappa shape index (κ2) is 4.40. The Bertz CT molecular complexity index is 83.7. The SMILES string of the molecule is CC(C)CCC[Si](C)(C)Cl. The highest BCUT2D eigenvalue weighted by atomic mass is 35.6. The van der Waals surface area contributed by atoms with Crippen molar-refractivity contribution >= 4 is 18.5 Å². The lowest BCUT2D eigenvalue weighted by Crippen LogP contribution is -2.15. The molecular formula is C8H19ClSi. The molecule has 0 atom stereocenters. The van der Waals surface area contributed by atoms with E-state index in [4.69, 9.17) is 11.1 Å². The Morgan fingerprint density at radius 2 is 1.80 bits per heavy atom. The van der Waals surface area contributed by atoms with Crippen LogP contribution in [0.3, 0.4) is 0 Å². The second-order valence-corrected chi connectivity index (χ2v) is 11.0. The van der Waals surface area contributed by atoms with E-state index in [0.29, 0.717) is 0 Å². The van der Waals surface area contributed by atoms with Gasteiger partial charge in [0.2, 0.25) is 0 Å². The first-order chi connectivity index (χ1) is 4.42. The largest absolute Gasteiger partial charge is 0.168 e. The highest BCUT2D eigenvalue weighted by molar-refractivity contribution is 7.19. The fraction of sp³-hybridized carbons (Fsp3) is 1.00. The zero-order valence-corrected chi connectivity index (χ0v) is 9.33. The molecule has 10 heavy (non-hydrogen) atoms. The van der Waals surface area contributed by atoms with Crippen molar-refractivity contribution in [1.82, 2.24) is 0 Å². The minimum Gasteiger partial charge on any atom is -0.168 e. The summed E-state index contributed by atoms with van der Waals surface area (Å²) in [4.78, 5) is 0. The van der Waals surface area contributed by atoms with Crippen LogP contribution in [-0.2, 0) is 0 Å². The fourth-order valence-electron chi connectivity index (χ4n) is 0.931. The van der Waals surface area contributed by atoms with Gasteiger partial charge in [-0.15, -0.1) is 0 Å². The van der Waals surface area contributed by atoms with Gasteiger partial charge in [-0.2, -0.15) is 11.1 Å². The molecule has 0 rings (SSSR count). The molecule has 0 aromatic rings. The Balaban J connectivity index is 3.21. The summed E-state index contributed by atoms with van der Waals surface area (Å²) in [6.45, 7) is 8.97. The molecule has 0 amide bonds. The quantitative estimate of drug-likeness (QED) is 0.453. The Labute approximate surface area is 70.7 Å². The maximum Gasteiger partial charge on any atom is 0.150 e. The van der Waals surface area contributed by atoms with Gasteiger partial charge in [-0.1, -0.05) is 39.8 Å². The molecule has 0 nitrogen and oxygen atoms in total. The minimum atomic E-state index is -1.25. The van der Waals surface area contributed by atoms with Crippen LogP contribution < -0.4 is 0 Å². The summed E-state index contributed by atoms with van der Waals surface area (Å²) >= 11 is 6.16. The van der Waals surface area contributed by atoms with Crippen molar-refractivity contribution in [2.24, 2.45) is 5.92 Å². The molecule has 0 fully saturated rings. The van der Waals surface area contributed by atoms with E-state index in [9.17, 15) is 0 Å². The third-order valence-electron chi connectivity index (χ3n) is 1.55. The summed E-state index contributed by atoms with van der Waals surface area (Å²) < 4.78 is 0. The summed E-state index contributed by atoms with van der Waals surface area (Å²) in [5.74, 6) is 0.841. The lowest BCUT2D eigenvalue weighted by molar-refractivity contribution is 0.574. The molecule has 0 spiro atoms. The van der Waals surface area contributed by atoms with Crippen LogP contribution in [0.5, 0.6) is 0 Å². The molecule has 0 saturated carbocycles. The lowest BCUT2D eigenvalue weighted by atomic mass is 10.1. The summed E-state index contributed by atoms with van der Waals surface area (Å²) in [5, 5.41) is 0. The first-order valence-corrected chi connectivity index (χ1v) is 8.32. The first kappa shape index (κ1) is 10.5. The third kappa shape index (κ3) is 8.51. The maximum absolute atomic E-state index is 6.16. The Morgan fingerprint density at radius 1 is 1.30 bits per heavy atom. The highest BCUT2D eigenvalue weighted by Gasteiger charge is 2.15. The van der Waals surface area contributed by atoms with Gasteiger partial charge in [0.1, 0.15) is 7.38 Å². The Hall–Kier alpha value is 0.507. The fourth-order valence-corrected chi connectivity index (χ4v) is 2.38. The van der Waals surface area contributed by atoms with Crippen molar-refractivity contribution in [2.75, 3.05) is 0 Å². The molecule has 62 valence electrons. The van der Waals surface area contributed by atoms with Gasteiger partial charge in [-0.05, 0) is 12.0 Å². The molecule has 0 aliphatic heterocycles. The summed E-state index contributed by atoms with van der Waals surface area (Å²) in [7, 11) is -1.25. The van der Waals surface area contributed by atoms with Gasteiger partial charge in [0.05, 0.1) is 0 Å². The van der Waals surface area contributed by atoms with Gasteiger partial charge in [-0.25, -0.2) is 0 Å². The monoisotopic (exact) mass is 178 g/mol. The van der Waals surface area contributed by atoms with E-state index in [1.807, 2.05) is 0 Å². The average molecular weight is 179 g/mol. The predicted octanol–water partition coefficient (Wildman–Crippen LogP) is 3.87. The molecule has 0 unspecified atom stereocenters. The summed E-state index contributed by atoms with van der Waals surface area (Å²) in [5.41, 5.74) is 0. The van der Waals surface area contributed by atoms with Crippen LogP contribution in [0.1, 0.15) is 26.7 Å². The maximum atomic E-state index is 6.16. The van der Waals surface area contributed by atoms with Crippen molar-refractivity contribution in [3.8, 4) is 0 Å². The van der Waals surface area contributed by atoms with Gasteiger partial charge in [-0.3, -0.25) is 0 Å². The van der Waals surface area contributed by atoms with E-state index >= 15 is 0 Å². The van der Waals surface area contributed by atoms with Crippen molar-refractivity contribution < 1.29 is 0 Å². The number of rotatable bonds is 4. The van der Waals surface area contributed by atoms with E-state index in [0.717, 1.165) is 5.92 Å². The van der Waals surface area contributed by atoms with Gasteiger partial charge in [0.25, 0.3) is 0 Å². The summed E-state index contributed by atoms with van der Waals surface area (Å²) in [6.07, 6.45) is 2.66. The molecule has 0 bridgehead atoms. The van der Waals surface area contributed by atoms with Crippen LogP contribution in [0, 0.1) is 5.92 Å². The number of hydrogen-bond donors (Lipinski definition) is 0. The average Bonchev–Trinajstić information content (AvgIpc) is 1.59. The van der Waals surface area contributed by atoms with E-state index in [1.54, 1.807) is 0 Å². The predicted molar refractivity (Wildman–Crippen MR) is 52.2 cm³/mol.